The molecule has 4 nitrogen and oxygen atoms in total. The van der Waals surface area contributed by atoms with E-state index in [0.29, 0.717) is 18.5 Å². The average molecular weight is 370 g/mol. The summed E-state index contributed by atoms with van der Waals surface area (Å²) in [7, 11) is 0. The number of benzene rings is 1. The Bertz CT molecular complexity index is 615. The van der Waals surface area contributed by atoms with Crippen LogP contribution in [0.5, 0.6) is 0 Å². The van der Waals surface area contributed by atoms with Crippen LogP contribution in [0.1, 0.15) is 37.3 Å². The van der Waals surface area contributed by atoms with Crippen molar-refractivity contribution in [3.63, 3.8) is 0 Å². The van der Waals surface area contributed by atoms with Gasteiger partial charge in [-0.1, -0.05) is 50.1 Å². The number of unbranched alkanes of at least 4 members (excludes halogenated alkanes) is 2. The Morgan fingerprint density at radius 3 is 2.42 bits per heavy atom. The predicted octanol–water partition coefficient (Wildman–Crippen LogP) is 3.31. The van der Waals surface area contributed by atoms with Gasteiger partial charge in [-0.25, -0.2) is 0 Å². The van der Waals surface area contributed by atoms with Crippen molar-refractivity contribution in [2.75, 3.05) is 6.54 Å². The maximum absolute atomic E-state index is 12.6. The number of carbonyl (C=O) groups is 2. The maximum atomic E-state index is 12.6. The van der Waals surface area contributed by atoms with Gasteiger partial charge in [0.1, 0.15) is 6.04 Å². The van der Waals surface area contributed by atoms with Crippen molar-refractivity contribution in [3.05, 3.63) is 48.0 Å². The first-order valence-electron chi connectivity index (χ1n) is 8.62. The summed E-state index contributed by atoms with van der Waals surface area (Å²) in [5, 5.41) is 4.42. The third kappa shape index (κ3) is 7.29. The first kappa shape index (κ1) is 21.7. The van der Waals surface area contributed by atoms with Crippen molar-refractivity contribution in [2.45, 2.75) is 51.2 Å². The number of carbonyl (C=O) groups excluding carboxylic acids is 2. The fourth-order valence-corrected chi connectivity index (χ4v) is 2.49. The Morgan fingerprint density at radius 2 is 1.85 bits per heavy atom. The van der Waals surface area contributed by atoms with Gasteiger partial charge in [0.05, 0.1) is 0 Å². The molecule has 7 heteroatoms. The summed E-state index contributed by atoms with van der Waals surface area (Å²) in [4.78, 5) is 23.7. The van der Waals surface area contributed by atoms with Gasteiger partial charge in [0.15, 0.2) is 0 Å². The Morgan fingerprint density at radius 1 is 1.19 bits per heavy atom. The van der Waals surface area contributed by atoms with E-state index in [4.69, 9.17) is 0 Å². The van der Waals surface area contributed by atoms with Crippen LogP contribution in [0.15, 0.2) is 36.9 Å². The van der Waals surface area contributed by atoms with E-state index >= 15 is 0 Å². The van der Waals surface area contributed by atoms with Crippen LogP contribution in [0.25, 0.3) is 0 Å². The first-order valence-corrected chi connectivity index (χ1v) is 8.62. The number of allylic oxidation sites excluding steroid dienone is 1. The van der Waals surface area contributed by atoms with Gasteiger partial charge in [-0.2, -0.15) is 13.2 Å². The van der Waals surface area contributed by atoms with E-state index < -0.39 is 24.0 Å². The summed E-state index contributed by atoms with van der Waals surface area (Å²) in [6.45, 7) is 6.02. The highest BCUT2D eigenvalue weighted by atomic mass is 19.4. The van der Waals surface area contributed by atoms with E-state index in [-0.39, 0.29) is 6.42 Å². The monoisotopic (exact) mass is 370 g/mol. The predicted molar refractivity (Wildman–Crippen MR) is 94.6 cm³/mol. The number of hydrogen-bond donors (Lipinski definition) is 2. The molecule has 2 amide bonds. The van der Waals surface area contributed by atoms with Gasteiger partial charge in [-0.15, -0.1) is 6.58 Å². The molecule has 0 radical (unpaired) electrons. The largest absolute Gasteiger partial charge is 0.471 e. The third-order valence-corrected chi connectivity index (χ3v) is 3.87. The van der Waals surface area contributed by atoms with E-state index in [0.717, 1.165) is 24.8 Å². The number of rotatable bonds is 10. The Hall–Kier alpha value is -2.31. The van der Waals surface area contributed by atoms with Crippen LogP contribution in [0.4, 0.5) is 13.2 Å². The third-order valence-electron chi connectivity index (χ3n) is 3.87. The van der Waals surface area contributed by atoms with Crippen molar-refractivity contribution in [3.8, 4) is 0 Å². The molecule has 1 aromatic rings. The second kappa shape index (κ2) is 10.6. The molecule has 0 saturated carbocycles. The summed E-state index contributed by atoms with van der Waals surface area (Å²) in [6, 6.07) is 5.80. The number of nitrogens with one attached hydrogen (secondary N) is 2. The number of alkyl halides is 3. The summed E-state index contributed by atoms with van der Waals surface area (Å²) >= 11 is 0. The summed E-state index contributed by atoms with van der Waals surface area (Å²) in [6.07, 6.45) is -0.274. The molecule has 1 aromatic carbocycles. The standard InChI is InChI=1S/C19H25F3N2O2/c1-3-5-8-12-23-17(25)16(24-18(26)19(20,21)22)13-15-11-7-6-10-14(15)9-4-2/h4,6-7,10-11,16H,2-3,5,8-9,12-13H2,1H3,(H,23,25)(H,24,26). The molecule has 2 N–H and O–H groups in total. The van der Waals surface area contributed by atoms with Crippen molar-refractivity contribution in [1.29, 1.82) is 0 Å². The van der Waals surface area contributed by atoms with E-state index in [1.54, 1.807) is 24.3 Å². The zero-order valence-electron chi connectivity index (χ0n) is 14.9. The lowest BCUT2D eigenvalue weighted by Gasteiger charge is -2.20. The summed E-state index contributed by atoms with van der Waals surface area (Å²) in [5.74, 6) is -2.74. The van der Waals surface area contributed by atoms with E-state index in [9.17, 15) is 22.8 Å². The van der Waals surface area contributed by atoms with Gasteiger partial charge >= 0.3 is 12.1 Å². The van der Waals surface area contributed by atoms with E-state index in [1.165, 1.54) is 0 Å². The van der Waals surface area contributed by atoms with E-state index in [1.807, 2.05) is 18.3 Å². The van der Waals surface area contributed by atoms with Crippen molar-refractivity contribution in [1.82, 2.24) is 10.6 Å². The molecule has 0 spiro atoms. The SMILES string of the molecule is C=CCc1ccccc1CC(NC(=O)C(F)(F)F)C(=O)NCCCCC. The summed E-state index contributed by atoms with van der Waals surface area (Å²) < 4.78 is 37.8. The zero-order chi connectivity index (χ0) is 19.6. The quantitative estimate of drug-likeness (QED) is 0.490. The Labute approximate surface area is 151 Å². The number of halogens is 3. The van der Waals surface area contributed by atoms with Gasteiger partial charge < -0.3 is 10.6 Å². The fourth-order valence-electron chi connectivity index (χ4n) is 2.49. The molecule has 0 heterocycles. The number of amides is 2. The smallest absolute Gasteiger partial charge is 0.354 e. The molecule has 0 fully saturated rings. The van der Waals surface area contributed by atoms with Gasteiger partial charge in [-0.05, 0) is 24.0 Å². The molecule has 0 aliphatic heterocycles. The van der Waals surface area contributed by atoms with Crippen LogP contribution >= 0.6 is 0 Å². The molecule has 144 valence electrons. The minimum Gasteiger partial charge on any atom is -0.354 e. The molecular formula is C19H25F3N2O2. The molecule has 0 aliphatic rings. The van der Waals surface area contributed by atoms with Crippen LogP contribution in [-0.2, 0) is 22.4 Å². The average Bonchev–Trinajstić information content (AvgIpc) is 2.59. The molecular weight excluding hydrogens is 345 g/mol. The highest BCUT2D eigenvalue weighted by molar-refractivity contribution is 5.90. The zero-order valence-corrected chi connectivity index (χ0v) is 14.9. The van der Waals surface area contributed by atoms with Gasteiger partial charge in [0.2, 0.25) is 5.91 Å². The van der Waals surface area contributed by atoms with E-state index in [2.05, 4.69) is 11.9 Å². The lowest BCUT2D eigenvalue weighted by atomic mass is 9.97. The minimum absolute atomic E-state index is 0.0224. The Balaban J connectivity index is 2.91. The van der Waals surface area contributed by atoms with Crippen molar-refractivity contribution >= 4 is 11.8 Å². The van der Waals surface area contributed by atoms with Gasteiger partial charge in [0, 0.05) is 13.0 Å². The van der Waals surface area contributed by atoms with Gasteiger partial charge in [0.25, 0.3) is 0 Å². The highest BCUT2D eigenvalue weighted by Gasteiger charge is 2.40. The summed E-state index contributed by atoms with van der Waals surface area (Å²) in [5.41, 5.74) is 1.55. The molecule has 0 aliphatic carbocycles. The molecule has 26 heavy (non-hydrogen) atoms. The maximum Gasteiger partial charge on any atom is 0.471 e. The lowest BCUT2D eigenvalue weighted by molar-refractivity contribution is -0.174. The second-order valence-corrected chi connectivity index (χ2v) is 5.99. The molecule has 1 unspecified atom stereocenters. The molecule has 0 saturated heterocycles. The molecule has 1 atom stereocenters. The molecule has 0 bridgehead atoms. The van der Waals surface area contributed by atoms with Crippen molar-refractivity contribution < 1.29 is 22.8 Å². The molecule has 0 aromatic heterocycles. The lowest BCUT2D eigenvalue weighted by Crippen LogP contribution is -2.51. The number of hydrogen-bond acceptors (Lipinski definition) is 2. The molecule has 1 rings (SSSR count). The topological polar surface area (TPSA) is 58.2 Å². The van der Waals surface area contributed by atoms with Crippen LogP contribution in [-0.4, -0.2) is 30.6 Å². The normalized spacial score (nSPS) is 12.3. The van der Waals surface area contributed by atoms with Crippen LogP contribution < -0.4 is 10.6 Å². The van der Waals surface area contributed by atoms with Crippen LogP contribution in [0.3, 0.4) is 0 Å². The fraction of sp³-hybridized carbons (Fsp3) is 0.474. The second-order valence-electron chi connectivity index (χ2n) is 5.99. The van der Waals surface area contributed by atoms with Gasteiger partial charge in [-0.3, -0.25) is 9.59 Å². The Kier molecular flexibility index (Phi) is 8.88. The van der Waals surface area contributed by atoms with Crippen LogP contribution in [0.2, 0.25) is 0 Å². The van der Waals surface area contributed by atoms with Crippen LogP contribution in [0, 0.1) is 0 Å². The highest BCUT2D eigenvalue weighted by Crippen LogP contribution is 2.17. The van der Waals surface area contributed by atoms with Crippen molar-refractivity contribution in [2.24, 2.45) is 0 Å². The minimum atomic E-state index is -5.04. The first-order chi connectivity index (χ1) is 12.3.